The van der Waals surface area contributed by atoms with Crippen molar-refractivity contribution in [3.63, 3.8) is 0 Å². The molecule has 0 unspecified atom stereocenters. The van der Waals surface area contributed by atoms with E-state index in [0.29, 0.717) is 51.4 Å². The van der Waals surface area contributed by atoms with Gasteiger partial charge in [-0.25, -0.2) is 0 Å². The third kappa shape index (κ3) is 24.7. The molecule has 12 nitrogen and oxygen atoms in total. The van der Waals surface area contributed by atoms with Crippen molar-refractivity contribution in [2.75, 3.05) is 106 Å². The molecule has 352 valence electrons. The maximum atomic E-state index is 7.75. The van der Waals surface area contributed by atoms with E-state index in [1.807, 2.05) is 0 Å². The molecule has 0 atom stereocenters. The van der Waals surface area contributed by atoms with Crippen LogP contribution in [0.15, 0.2) is 101 Å². The topological polar surface area (TPSA) is 111 Å². The predicted octanol–water partition coefficient (Wildman–Crippen LogP) is 9.64. The van der Waals surface area contributed by atoms with Gasteiger partial charge in [0.25, 0.3) is 0 Å². The van der Waals surface area contributed by atoms with Gasteiger partial charge in [-0.05, 0) is 0 Å². The van der Waals surface area contributed by atoms with E-state index in [1.165, 1.54) is 0 Å². The first-order valence-electron chi connectivity index (χ1n) is 21.9. The molecule has 0 heterocycles. The molecule has 0 aliphatic rings. The van der Waals surface area contributed by atoms with Crippen molar-refractivity contribution in [2.24, 2.45) is 0 Å². The molecular weight excluding hydrogens is 816 g/mol. The van der Waals surface area contributed by atoms with Gasteiger partial charge in [-0.1, -0.05) is 0 Å². The molecule has 0 rings (SSSR count). The predicted molar refractivity (Wildman–Crippen MR) is 243 cm³/mol. The SMILES string of the molecule is C=CCOCC(CCC)(COCC=C)[O][Ti]([O]C(CCC)(COCC=C)COCC=C)([O]C(CCC)(COCC=C)COCC=C)[O]C(CCC)(COCC=C)COCC=C. The Morgan fingerprint density at radius 3 is 0.557 bits per heavy atom. The van der Waals surface area contributed by atoms with Crippen molar-refractivity contribution in [1.29, 1.82) is 0 Å². The van der Waals surface area contributed by atoms with Crippen molar-refractivity contribution in [2.45, 2.75) is 101 Å². The number of rotatable bonds is 48. The maximum absolute atomic E-state index is 7.75. The van der Waals surface area contributed by atoms with Crippen LogP contribution < -0.4 is 0 Å². The molecule has 0 aromatic rings. The molecule has 0 spiro atoms. The first-order chi connectivity index (χ1) is 29.6. The van der Waals surface area contributed by atoms with Crippen LogP contribution in [0.3, 0.4) is 0 Å². The molecule has 0 aliphatic heterocycles. The summed E-state index contributed by atoms with van der Waals surface area (Å²) in [5.74, 6) is 0. The fourth-order valence-electron chi connectivity index (χ4n) is 6.82. The van der Waals surface area contributed by atoms with Gasteiger partial charge in [-0.2, -0.15) is 0 Å². The zero-order valence-corrected chi connectivity index (χ0v) is 40.2. The molecule has 0 saturated heterocycles. The average molecular weight is 901 g/mol. The summed E-state index contributed by atoms with van der Waals surface area (Å²) in [6.07, 6.45) is 18.2. The fraction of sp³-hybridized carbons (Fsp3) is 0.667. The van der Waals surface area contributed by atoms with Crippen molar-refractivity contribution in [3.05, 3.63) is 101 Å². The molecule has 0 amide bonds. The van der Waals surface area contributed by atoms with Crippen LogP contribution in [0, 0.1) is 0 Å². The van der Waals surface area contributed by atoms with Crippen LogP contribution in [0.25, 0.3) is 0 Å². The van der Waals surface area contributed by atoms with Crippen molar-refractivity contribution < 1.29 is 69.3 Å². The van der Waals surface area contributed by atoms with E-state index in [1.54, 1.807) is 48.6 Å². The number of hydrogen-bond acceptors (Lipinski definition) is 12. The van der Waals surface area contributed by atoms with Crippen LogP contribution in [0.2, 0.25) is 0 Å². The molecule has 0 saturated carbocycles. The summed E-state index contributed by atoms with van der Waals surface area (Å²) >= 11 is -5.65. The Bertz CT molecular complexity index is 956. The second-order valence-corrected chi connectivity index (χ2v) is 17.9. The Balaban J connectivity index is 8.98. The summed E-state index contributed by atoms with van der Waals surface area (Å²) in [4.78, 5) is 0. The Labute approximate surface area is 376 Å². The van der Waals surface area contributed by atoms with E-state index in [9.17, 15) is 0 Å². The van der Waals surface area contributed by atoms with E-state index in [0.717, 1.165) is 0 Å². The van der Waals surface area contributed by atoms with Gasteiger partial charge in [0.2, 0.25) is 0 Å². The summed E-state index contributed by atoms with van der Waals surface area (Å²) in [5, 5.41) is 0. The van der Waals surface area contributed by atoms with Gasteiger partial charge in [0, 0.05) is 0 Å². The molecule has 0 bridgehead atoms. The normalized spacial score (nSPS) is 12.5. The van der Waals surface area contributed by atoms with Crippen LogP contribution in [-0.4, -0.2) is 128 Å². The Morgan fingerprint density at radius 2 is 0.443 bits per heavy atom. The molecule has 0 radical (unpaired) electrons. The summed E-state index contributed by atoms with van der Waals surface area (Å²) in [5.41, 5.74) is -4.70. The minimum atomic E-state index is -5.65. The summed E-state index contributed by atoms with van der Waals surface area (Å²) in [7, 11) is 0. The number of ether oxygens (including phenoxy) is 8. The van der Waals surface area contributed by atoms with Gasteiger partial charge < -0.3 is 0 Å². The van der Waals surface area contributed by atoms with Crippen molar-refractivity contribution in [3.8, 4) is 0 Å². The molecule has 61 heavy (non-hydrogen) atoms. The Morgan fingerprint density at radius 1 is 0.295 bits per heavy atom. The molecule has 13 heteroatoms. The molecule has 0 N–H and O–H groups in total. The molecular formula is C48H84O12Ti. The van der Waals surface area contributed by atoms with E-state index >= 15 is 0 Å². The zero-order chi connectivity index (χ0) is 45.6. The zero-order valence-electron chi connectivity index (χ0n) is 38.6. The minimum absolute atomic E-state index is 0.0925. The monoisotopic (exact) mass is 901 g/mol. The van der Waals surface area contributed by atoms with E-state index < -0.39 is 40.5 Å². The van der Waals surface area contributed by atoms with Gasteiger partial charge in [-0.3, -0.25) is 0 Å². The average Bonchev–Trinajstić information content (AvgIpc) is 3.22. The van der Waals surface area contributed by atoms with Gasteiger partial charge >= 0.3 is 378 Å². The first-order valence-corrected chi connectivity index (χ1v) is 24.4. The standard InChI is InChI=1S/4C12H21O3.Ti/c4*1-4-7-12(13,10-14-8-5-2)11-15-9-6-3;/h4*5-6H,2-4,7-11H2,1H3;/q4*-1;+4. The van der Waals surface area contributed by atoms with E-state index in [4.69, 9.17) is 51.2 Å². The van der Waals surface area contributed by atoms with Crippen molar-refractivity contribution >= 4 is 0 Å². The number of hydrogen-bond donors (Lipinski definition) is 0. The van der Waals surface area contributed by atoms with Crippen LogP contribution in [0.4, 0.5) is 0 Å². The van der Waals surface area contributed by atoms with Gasteiger partial charge in [0.05, 0.1) is 0 Å². The third-order valence-electron chi connectivity index (χ3n) is 8.99. The van der Waals surface area contributed by atoms with Crippen LogP contribution in [0.5, 0.6) is 0 Å². The molecule has 0 aliphatic carbocycles. The summed E-state index contributed by atoms with van der Waals surface area (Å²) in [6, 6.07) is 0. The second kappa shape index (κ2) is 36.5. The second-order valence-electron chi connectivity index (χ2n) is 15.1. The molecule has 0 aromatic heterocycles. The van der Waals surface area contributed by atoms with Crippen LogP contribution in [-0.2, 0) is 69.3 Å². The quantitative estimate of drug-likeness (QED) is 0.0330. The summed E-state index contributed by atoms with van der Waals surface area (Å²) in [6.45, 7) is 42.3. The van der Waals surface area contributed by atoms with E-state index in [-0.39, 0.29) is 106 Å². The molecule has 0 aromatic carbocycles. The summed E-state index contributed by atoms with van der Waals surface area (Å²) < 4.78 is 81.3. The van der Waals surface area contributed by atoms with Gasteiger partial charge in [0.15, 0.2) is 0 Å². The molecule has 0 fully saturated rings. The van der Waals surface area contributed by atoms with E-state index in [2.05, 4.69) is 80.3 Å². The first kappa shape index (κ1) is 59.2. The van der Waals surface area contributed by atoms with Crippen molar-refractivity contribution in [1.82, 2.24) is 0 Å². The van der Waals surface area contributed by atoms with Crippen LogP contribution in [0.1, 0.15) is 79.1 Å². The fourth-order valence-corrected chi connectivity index (χ4v) is 11.9. The van der Waals surface area contributed by atoms with Gasteiger partial charge in [0.1, 0.15) is 0 Å². The Kier molecular flexibility index (Phi) is 35.4. The van der Waals surface area contributed by atoms with Crippen LogP contribution >= 0.6 is 0 Å². The third-order valence-corrected chi connectivity index (χ3v) is 13.3. The Hall–Kier alpha value is -1.85. The van der Waals surface area contributed by atoms with Gasteiger partial charge in [-0.15, -0.1) is 0 Å².